The quantitative estimate of drug-likeness (QED) is 0.484. The lowest BCUT2D eigenvalue weighted by atomic mass is 10.3. The SMILES string of the molecule is CC.CCCCNCCP(=O)(OCC)OCC. The monoisotopic (exact) mass is 267 g/mol. The predicted molar refractivity (Wildman–Crippen MR) is 74.9 cm³/mol. The Morgan fingerprint density at radius 1 is 1.00 bits per heavy atom. The molecule has 0 atom stereocenters. The third kappa shape index (κ3) is 12.4. The molecule has 0 radical (unpaired) electrons. The highest BCUT2D eigenvalue weighted by molar-refractivity contribution is 7.53. The van der Waals surface area contributed by atoms with Crippen molar-refractivity contribution in [3.63, 3.8) is 0 Å². The second kappa shape index (κ2) is 14.2. The Hall–Kier alpha value is 0.110. The van der Waals surface area contributed by atoms with Gasteiger partial charge in [0.15, 0.2) is 0 Å². The standard InChI is InChI=1S/C10H24NO3P.C2H6/c1-4-7-8-11-9-10-15(12,13-5-2)14-6-3;1-2/h11H,4-10H2,1-3H3;1-2H3. The lowest BCUT2D eigenvalue weighted by Crippen LogP contribution is -2.20. The second-order valence-electron chi connectivity index (χ2n) is 3.27. The normalized spacial score (nSPS) is 10.9. The minimum absolute atomic E-state index is 0.437. The van der Waals surface area contributed by atoms with Gasteiger partial charge in [-0.25, -0.2) is 0 Å². The molecule has 0 bridgehead atoms. The van der Waals surface area contributed by atoms with E-state index in [1.54, 1.807) is 0 Å². The summed E-state index contributed by atoms with van der Waals surface area (Å²) in [6.45, 7) is 12.3. The maximum absolute atomic E-state index is 12.0. The van der Waals surface area contributed by atoms with Gasteiger partial charge in [-0.2, -0.15) is 0 Å². The first-order valence-electron chi connectivity index (χ1n) is 6.77. The molecule has 17 heavy (non-hydrogen) atoms. The molecular formula is C12H30NO3P. The van der Waals surface area contributed by atoms with Crippen molar-refractivity contribution in [2.75, 3.05) is 32.5 Å². The molecule has 0 aliphatic rings. The third-order valence-electron chi connectivity index (χ3n) is 1.92. The number of unbranched alkanes of at least 4 members (excludes halogenated alkanes) is 1. The molecular weight excluding hydrogens is 237 g/mol. The van der Waals surface area contributed by atoms with Crippen molar-refractivity contribution in [1.82, 2.24) is 5.32 Å². The minimum Gasteiger partial charge on any atom is -0.316 e. The maximum atomic E-state index is 12.0. The summed E-state index contributed by atoms with van der Waals surface area (Å²) in [4.78, 5) is 0. The van der Waals surface area contributed by atoms with Crippen molar-refractivity contribution in [2.45, 2.75) is 47.5 Å². The van der Waals surface area contributed by atoms with E-state index in [4.69, 9.17) is 9.05 Å². The lowest BCUT2D eigenvalue weighted by Gasteiger charge is -2.16. The van der Waals surface area contributed by atoms with Crippen molar-refractivity contribution in [2.24, 2.45) is 0 Å². The van der Waals surface area contributed by atoms with Gasteiger partial charge in [0.1, 0.15) is 0 Å². The van der Waals surface area contributed by atoms with Gasteiger partial charge in [-0.05, 0) is 26.8 Å². The fourth-order valence-electron chi connectivity index (χ4n) is 1.20. The Morgan fingerprint density at radius 3 is 1.94 bits per heavy atom. The summed E-state index contributed by atoms with van der Waals surface area (Å²) in [6, 6.07) is 0. The van der Waals surface area contributed by atoms with E-state index in [1.165, 1.54) is 6.42 Å². The predicted octanol–water partition coefficient (Wildman–Crippen LogP) is 3.67. The van der Waals surface area contributed by atoms with Crippen LogP contribution in [-0.4, -0.2) is 32.5 Å². The smallest absolute Gasteiger partial charge is 0.316 e. The molecule has 0 unspecified atom stereocenters. The van der Waals surface area contributed by atoms with Gasteiger partial charge in [0.25, 0.3) is 0 Å². The number of nitrogens with one attached hydrogen (secondary N) is 1. The highest BCUT2D eigenvalue weighted by Crippen LogP contribution is 2.47. The molecule has 0 aliphatic carbocycles. The van der Waals surface area contributed by atoms with Gasteiger partial charge >= 0.3 is 7.60 Å². The molecule has 0 aromatic rings. The van der Waals surface area contributed by atoms with Crippen LogP contribution in [0.2, 0.25) is 0 Å². The van der Waals surface area contributed by atoms with Crippen LogP contribution in [0.1, 0.15) is 47.5 Å². The van der Waals surface area contributed by atoms with Crippen LogP contribution in [0.4, 0.5) is 0 Å². The van der Waals surface area contributed by atoms with Gasteiger partial charge in [-0.1, -0.05) is 27.2 Å². The Balaban J connectivity index is 0. The topological polar surface area (TPSA) is 47.6 Å². The molecule has 0 rings (SSSR count). The van der Waals surface area contributed by atoms with Crippen molar-refractivity contribution in [3.05, 3.63) is 0 Å². The molecule has 1 N–H and O–H groups in total. The molecule has 4 nitrogen and oxygen atoms in total. The summed E-state index contributed by atoms with van der Waals surface area (Å²) in [6.07, 6.45) is 2.77. The van der Waals surface area contributed by atoms with Crippen LogP contribution in [0, 0.1) is 0 Å². The molecule has 0 saturated heterocycles. The Kier molecular flexibility index (Phi) is 16.2. The molecule has 106 valence electrons. The van der Waals surface area contributed by atoms with Crippen molar-refractivity contribution in [3.8, 4) is 0 Å². The highest BCUT2D eigenvalue weighted by Gasteiger charge is 2.22. The average molecular weight is 267 g/mol. The zero-order chi connectivity index (χ0) is 13.6. The van der Waals surface area contributed by atoms with E-state index in [0.29, 0.717) is 25.9 Å². The fourth-order valence-corrected chi connectivity index (χ4v) is 2.75. The Bertz CT molecular complexity index is 179. The summed E-state index contributed by atoms with van der Waals surface area (Å²) < 4.78 is 22.3. The van der Waals surface area contributed by atoms with Crippen LogP contribution in [0.25, 0.3) is 0 Å². The highest BCUT2D eigenvalue weighted by atomic mass is 31.2. The second-order valence-corrected chi connectivity index (χ2v) is 5.46. The summed E-state index contributed by atoms with van der Waals surface area (Å²) in [5.74, 6) is 0. The number of hydrogen-bond donors (Lipinski definition) is 1. The molecule has 5 heteroatoms. The van der Waals surface area contributed by atoms with E-state index >= 15 is 0 Å². The first-order chi connectivity index (χ1) is 8.18. The van der Waals surface area contributed by atoms with Gasteiger partial charge in [0, 0.05) is 6.54 Å². The largest absolute Gasteiger partial charge is 0.331 e. The summed E-state index contributed by atoms with van der Waals surface area (Å²) >= 11 is 0. The first-order valence-corrected chi connectivity index (χ1v) is 8.50. The van der Waals surface area contributed by atoms with Crippen LogP contribution in [0.3, 0.4) is 0 Å². The molecule has 0 spiro atoms. The fraction of sp³-hybridized carbons (Fsp3) is 1.00. The van der Waals surface area contributed by atoms with Gasteiger partial charge in [-0.3, -0.25) is 4.57 Å². The molecule has 0 heterocycles. The van der Waals surface area contributed by atoms with Crippen LogP contribution >= 0.6 is 7.60 Å². The summed E-state index contributed by atoms with van der Waals surface area (Å²) in [5.41, 5.74) is 0. The number of rotatable bonds is 10. The van der Waals surface area contributed by atoms with Crippen molar-refractivity contribution in [1.29, 1.82) is 0 Å². The van der Waals surface area contributed by atoms with E-state index in [1.807, 2.05) is 27.7 Å². The maximum Gasteiger partial charge on any atom is 0.331 e. The lowest BCUT2D eigenvalue weighted by molar-refractivity contribution is 0.220. The van der Waals surface area contributed by atoms with E-state index in [0.717, 1.165) is 13.0 Å². The summed E-state index contributed by atoms with van der Waals surface area (Å²) in [5, 5.41) is 3.23. The van der Waals surface area contributed by atoms with Gasteiger partial charge in [0.2, 0.25) is 0 Å². The zero-order valence-electron chi connectivity index (χ0n) is 12.1. The molecule has 0 fully saturated rings. The summed E-state index contributed by atoms with van der Waals surface area (Å²) in [7, 11) is -2.83. The average Bonchev–Trinajstić information content (AvgIpc) is 2.32. The van der Waals surface area contributed by atoms with E-state index in [-0.39, 0.29) is 0 Å². The van der Waals surface area contributed by atoms with Gasteiger partial charge in [-0.15, -0.1) is 0 Å². The zero-order valence-corrected chi connectivity index (χ0v) is 13.0. The molecule has 0 aliphatic heterocycles. The number of hydrogen-bond acceptors (Lipinski definition) is 4. The first kappa shape index (κ1) is 19.4. The molecule has 0 aromatic heterocycles. The third-order valence-corrected chi connectivity index (χ3v) is 4.00. The van der Waals surface area contributed by atoms with Crippen LogP contribution in [0.15, 0.2) is 0 Å². The Morgan fingerprint density at radius 2 is 1.53 bits per heavy atom. The van der Waals surface area contributed by atoms with Crippen LogP contribution in [-0.2, 0) is 13.6 Å². The molecule has 0 amide bonds. The van der Waals surface area contributed by atoms with Crippen molar-refractivity contribution >= 4 is 7.60 Å². The van der Waals surface area contributed by atoms with Gasteiger partial charge in [0.05, 0.1) is 19.4 Å². The van der Waals surface area contributed by atoms with E-state index in [9.17, 15) is 4.57 Å². The van der Waals surface area contributed by atoms with E-state index in [2.05, 4.69) is 12.2 Å². The van der Waals surface area contributed by atoms with Crippen LogP contribution in [0.5, 0.6) is 0 Å². The Labute approximate surface area is 107 Å². The van der Waals surface area contributed by atoms with Gasteiger partial charge < -0.3 is 14.4 Å². The molecule has 0 saturated carbocycles. The van der Waals surface area contributed by atoms with Crippen LogP contribution < -0.4 is 5.32 Å². The van der Waals surface area contributed by atoms with E-state index < -0.39 is 7.60 Å². The molecule has 0 aromatic carbocycles. The van der Waals surface area contributed by atoms with Crippen molar-refractivity contribution < 1.29 is 13.6 Å². The minimum atomic E-state index is -2.83.